The molecule has 4 N–H and O–H groups in total. The molecular weight excluding hydrogens is 170 g/mol. The maximum Gasteiger partial charge on any atom is 0.251 e. The van der Waals surface area contributed by atoms with Gasteiger partial charge in [-0.1, -0.05) is 0 Å². The summed E-state index contributed by atoms with van der Waals surface area (Å²) in [5, 5.41) is 0. The Morgan fingerprint density at radius 3 is 1.50 bits per heavy atom. The molecule has 0 bridgehead atoms. The highest BCUT2D eigenvalue weighted by Crippen LogP contribution is 2.51. The van der Waals surface area contributed by atoms with Crippen LogP contribution in [0.1, 0.15) is 12.8 Å². The molecule has 0 atom stereocenters. The van der Waals surface area contributed by atoms with Gasteiger partial charge in [-0.15, -0.1) is 0 Å². The zero-order valence-electron chi connectivity index (χ0n) is 6.14. The molecule has 2 amide bonds. The first-order chi connectivity index (χ1) is 5.30. The van der Waals surface area contributed by atoms with Gasteiger partial charge in [0.1, 0.15) is 5.41 Å². The topological polar surface area (TPSA) is 86.2 Å². The Morgan fingerprint density at radius 2 is 1.42 bits per heavy atom. The Kier molecular flexibility index (Phi) is 1.59. The molecule has 0 aliphatic heterocycles. The largest absolute Gasteiger partial charge is 0.369 e. The molecule has 0 aromatic rings. The van der Waals surface area contributed by atoms with E-state index in [4.69, 9.17) is 11.5 Å². The van der Waals surface area contributed by atoms with Gasteiger partial charge in [0.25, 0.3) is 5.92 Å². The van der Waals surface area contributed by atoms with Gasteiger partial charge in [-0.05, 0) is 0 Å². The van der Waals surface area contributed by atoms with Gasteiger partial charge in [0.15, 0.2) is 0 Å². The van der Waals surface area contributed by atoms with Gasteiger partial charge >= 0.3 is 0 Å². The molecule has 1 aliphatic rings. The van der Waals surface area contributed by atoms with Crippen LogP contribution in [0.3, 0.4) is 0 Å². The number of rotatable bonds is 2. The van der Waals surface area contributed by atoms with Crippen LogP contribution in [-0.2, 0) is 9.59 Å². The number of hydrogen-bond donors (Lipinski definition) is 2. The second kappa shape index (κ2) is 2.15. The highest BCUT2D eigenvalue weighted by Gasteiger charge is 2.63. The first kappa shape index (κ1) is 8.89. The fraction of sp³-hybridized carbons (Fsp3) is 0.667. The number of halogens is 2. The second-order valence-corrected chi connectivity index (χ2v) is 3.02. The van der Waals surface area contributed by atoms with Crippen molar-refractivity contribution >= 4 is 11.8 Å². The molecule has 0 spiro atoms. The minimum Gasteiger partial charge on any atom is -0.369 e. The molecule has 0 radical (unpaired) electrons. The number of carbonyl (C=O) groups excluding carboxylic acids is 2. The smallest absolute Gasteiger partial charge is 0.251 e. The van der Waals surface area contributed by atoms with Crippen molar-refractivity contribution in [2.75, 3.05) is 0 Å². The summed E-state index contributed by atoms with van der Waals surface area (Å²) in [4.78, 5) is 21.2. The summed E-state index contributed by atoms with van der Waals surface area (Å²) in [6.45, 7) is 0. The monoisotopic (exact) mass is 178 g/mol. The lowest BCUT2D eigenvalue weighted by Crippen LogP contribution is -2.60. The summed E-state index contributed by atoms with van der Waals surface area (Å²) in [5.41, 5.74) is 7.75. The van der Waals surface area contributed by atoms with E-state index < -0.39 is 36.0 Å². The SMILES string of the molecule is NC(=O)C1(C(N)=O)CC(F)(F)C1. The zero-order valence-corrected chi connectivity index (χ0v) is 6.14. The lowest BCUT2D eigenvalue weighted by Gasteiger charge is -2.42. The van der Waals surface area contributed by atoms with E-state index in [1.807, 2.05) is 0 Å². The van der Waals surface area contributed by atoms with Gasteiger partial charge in [-0.2, -0.15) is 0 Å². The third-order valence-electron chi connectivity index (χ3n) is 2.06. The van der Waals surface area contributed by atoms with Crippen molar-refractivity contribution < 1.29 is 18.4 Å². The fourth-order valence-corrected chi connectivity index (χ4v) is 1.30. The third kappa shape index (κ3) is 1.03. The van der Waals surface area contributed by atoms with Crippen LogP contribution in [0.4, 0.5) is 8.78 Å². The van der Waals surface area contributed by atoms with Crippen LogP contribution in [0, 0.1) is 5.41 Å². The molecule has 1 aliphatic carbocycles. The Labute approximate surface area is 66.9 Å². The molecule has 0 saturated heterocycles. The van der Waals surface area contributed by atoms with Gasteiger partial charge in [0.05, 0.1) is 0 Å². The van der Waals surface area contributed by atoms with Crippen molar-refractivity contribution in [2.45, 2.75) is 18.8 Å². The molecule has 68 valence electrons. The van der Waals surface area contributed by atoms with Gasteiger partial charge in [-0.25, -0.2) is 8.78 Å². The highest BCUT2D eigenvalue weighted by atomic mass is 19.3. The Bertz CT molecular complexity index is 228. The summed E-state index contributed by atoms with van der Waals surface area (Å²) in [7, 11) is 0. The van der Waals surface area contributed by atoms with E-state index in [1.54, 1.807) is 0 Å². The van der Waals surface area contributed by atoms with Gasteiger partial charge in [0, 0.05) is 12.8 Å². The minimum atomic E-state index is -2.98. The molecule has 4 nitrogen and oxygen atoms in total. The van der Waals surface area contributed by atoms with Gasteiger partial charge < -0.3 is 11.5 Å². The van der Waals surface area contributed by atoms with Crippen molar-refractivity contribution in [3.05, 3.63) is 0 Å². The lowest BCUT2D eigenvalue weighted by atomic mass is 9.65. The van der Waals surface area contributed by atoms with Crippen LogP contribution in [-0.4, -0.2) is 17.7 Å². The van der Waals surface area contributed by atoms with Crippen molar-refractivity contribution in [1.29, 1.82) is 0 Å². The van der Waals surface area contributed by atoms with E-state index in [1.165, 1.54) is 0 Å². The average molecular weight is 178 g/mol. The van der Waals surface area contributed by atoms with Crippen molar-refractivity contribution in [2.24, 2.45) is 16.9 Å². The summed E-state index contributed by atoms with van der Waals surface area (Å²) < 4.78 is 24.7. The van der Waals surface area contributed by atoms with Gasteiger partial charge in [-0.3, -0.25) is 9.59 Å². The molecule has 1 fully saturated rings. The Hall–Kier alpha value is -1.20. The van der Waals surface area contributed by atoms with Crippen LogP contribution < -0.4 is 11.5 Å². The standard InChI is InChI=1S/C6H8F2N2O2/c7-6(8)1-5(2-6,3(9)11)4(10)12/h1-2H2,(H2,9,11)(H2,10,12). The van der Waals surface area contributed by atoms with Crippen LogP contribution >= 0.6 is 0 Å². The van der Waals surface area contributed by atoms with Crippen LogP contribution in [0.15, 0.2) is 0 Å². The van der Waals surface area contributed by atoms with Crippen molar-refractivity contribution in [3.63, 3.8) is 0 Å². The second-order valence-electron chi connectivity index (χ2n) is 3.02. The highest BCUT2D eigenvalue weighted by molar-refractivity contribution is 6.05. The predicted molar refractivity (Wildman–Crippen MR) is 35.0 cm³/mol. The van der Waals surface area contributed by atoms with E-state index in [2.05, 4.69) is 0 Å². The number of amides is 2. The number of hydrogen-bond acceptors (Lipinski definition) is 2. The summed E-state index contributed by atoms with van der Waals surface area (Å²) in [6.07, 6.45) is -1.71. The zero-order chi connectivity index (χ0) is 9.57. The molecule has 6 heteroatoms. The lowest BCUT2D eigenvalue weighted by molar-refractivity contribution is -0.182. The molecule has 0 heterocycles. The molecule has 1 rings (SSSR count). The molecule has 1 saturated carbocycles. The maximum atomic E-state index is 12.3. The molecule has 12 heavy (non-hydrogen) atoms. The minimum absolute atomic E-state index is 0.856. The normalized spacial score (nSPS) is 24.2. The van der Waals surface area contributed by atoms with Crippen LogP contribution in [0.2, 0.25) is 0 Å². The third-order valence-corrected chi connectivity index (χ3v) is 2.06. The van der Waals surface area contributed by atoms with Crippen LogP contribution in [0.25, 0.3) is 0 Å². The summed E-state index contributed by atoms with van der Waals surface area (Å²) >= 11 is 0. The first-order valence-electron chi connectivity index (χ1n) is 3.28. The predicted octanol–water partition coefficient (Wildman–Crippen LogP) is -0.628. The van der Waals surface area contributed by atoms with E-state index in [0.717, 1.165) is 0 Å². The molecule has 0 aromatic heterocycles. The van der Waals surface area contributed by atoms with Crippen molar-refractivity contribution in [3.8, 4) is 0 Å². The van der Waals surface area contributed by atoms with E-state index in [-0.39, 0.29) is 0 Å². The van der Waals surface area contributed by atoms with E-state index in [0.29, 0.717) is 0 Å². The first-order valence-corrected chi connectivity index (χ1v) is 3.28. The number of carbonyl (C=O) groups is 2. The summed E-state index contributed by atoms with van der Waals surface area (Å²) in [5.74, 6) is -5.12. The van der Waals surface area contributed by atoms with Gasteiger partial charge in [0.2, 0.25) is 11.8 Å². The van der Waals surface area contributed by atoms with Crippen LogP contribution in [0.5, 0.6) is 0 Å². The van der Waals surface area contributed by atoms with E-state index >= 15 is 0 Å². The molecular formula is C6H8F2N2O2. The molecule has 0 unspecified atom stereocenters. The van der Waals surface area contributed by atoms with Crippen molar-refractivity contribution in [1.82, 2.24) is 0 Å². The Balaban J connectivity index is 2.83. The quantitative estimate of drug-likeness (QED) is 0.551. The number of alkyl halides is 2. The average Bonchev–Trinajstić information content (AvgIpc) is 1.80. The molecule has 0 aromatic carbocycles. The number of primary amides is 2. The maximum absolute atomic E-state index is 12.3. The van der Waals surface area contributed by atoms with E-state index in [9.17, 15) is 18.4 Å². The fourth-order valence-electron chi connectivity index (χ4n) is 1.30. The number of nitrogens with two attached hydrogens (primary N) is 2. The Morgan fingerprint density at radius 1 is 1.08 bits per heavy atom. The summed E-state index contributed by atoms with van der Waals surface area (Å²) in [6, 6.07) is 0.